The molecule has 0 aliphatic rings. The standard InChI is InChI=1S/C16H15BrClNO2/c1-11(12-2-4-13(17)5-3-12)19(10-16(20)21)15-8-6-14(18)7-9-15/h2-9,11H,10H2,1H3,(H,20,21). The van der Waals surface area contributed by atoms with Crippen LogP contribution in [0.1, 0.15) is 18.5 Å². The van der Waals surface area contributed by atoms with Crippen molar-refractivity contribution in [3.05, 3.63) is 63.6 Å². The molecule has 0 bridgehead atoms. The summed E-state index contributed by atoms with van der Waals surface area (Å²) >= 11 is 9.30. The van der Waals surface area contributed by atoms with E-state index in [4.69, 9.17) is 16.7 Å². The topological polar surface area (TPSA) is 40.5 Å². The molecule has 0 radical (unpaired) electrons. The van der Waals surface area contributed by atoms with Crippen LogP contribution >= 0.6 is 27.5 Å². The highest BCUT2D eigenvalue weighted by molar-refractivity contribution is 9.10. The third-order valence-electron chi connectivity index (χ3n) is 3.28. The van der Waals surface area contributed by atoms with Gasteiger partial charge >= 0.3 is 5.97 Å². The van der Waals surface area contributed by atoms with Gasteiger partial charge in [-0.25, -0.2) is 0 Å². The van der Waals surface area contributed by atoms with E-state index in [0.29, 0.717) is 5.02 Å². The summed E-state index contributed by atoms with van der Waals surface area (Å²) in [4.78, 5) is 13.0. The van der Waals surface area contributed by atoms with E-state index in [1.807, 2.05) is 48.2 Å². The number of aliphatic carboxylic acids is 1. The molecule has 3 nitrogen and oxygen atoms in total. The van der Waals surface area contributed by atoms with Gasteiger partial charge in [0, 0.05) is 15.2 Å². The van der Waals surface area contributed by atoms with Gasteiger partial charge in [-0.2, -0.15) is 0 Å². The summed E-state index contributed by atoms with van der Waals surface area (Å²) in [7, 11) is 0. The predicted molar refractivity (Wildman–Crippen MR) is 89.0 cm³/mol. The molecule has 0 aliphatic heterocycles. The second-order valence-electron chi connectivity index (χ2n) is 4.73. The smallest absolute Gasteiger partial charge is 0.323 e. The van der Waals surface area contributed by atoms with Gasteiger partial charge < -0.3 is 10.0 Å². The molecule has 0 aliphatic carbocycles. The number of hydrogen-bond acceptors (Lipinski definition) is 2. The van der Waals surface area contributed by atoms with Gasteiger partial charge in [0.25, 0.3) is 0 Å². The first-order valence-corrected chi connectivity index (χ1v) is 7.64. The van der Waals surface area contributed by atoms with Gasteiger partial charge in [-0.3, -0.25) is 4.79 Å². The highest BCUT2D eigenvalue weighted by Gasteiger charge is 2.19. The van der Waals surface area contributed by atoms with Gasteiger partial charge in [0.2, 0.25) is 0 Å². The monoisotopic (exact) mass is 367 g/mol. The third kappa shape index (κ3) is 4.22. The summed E-state index contributed by atoms with van der Waals surface area (Å²) in [6.45, 7) is 1.92. The number of carbonyl (C=O) groups is 1. The predicted octanol–water partition coefficient (Wildman–Crippen LogP) is 4.75. The molecule has 1 atom stereocenters. The number of hydrogen-bond donors (Lipinski definition) is 1. The summed E-state index contributed by atoms with van der Waals surface area (Å²) < 4.78 is 0.995. The van der Waals surface area contributed by atoms with Crippen LogP contribution in [0.5, 0.6) is 0 Å². The minimum absolute atomic E-state index is 0.0598. The first kappa shape index (κ1) is 15.9. The maximum absolute atomic E-state index is 11.2. The summed E-state index contributed by atoms with van der Waals surface area (Å²) in [5.41, 5.74) is 1.88. The largest absolute Gasteiger partial charge is 0.480 e. The fourth-order valence-electron chi connectivity index (χ4n) is 2.15. The molecule has 0 saturated carbocycles. The van der Waals surface area contributed by atoms with Gasteiger partial charge in [0.1, 0.15) is 6.54 Å². The number of benzene rings is 2. The highest BCUT2D eigenvalue weighted by atomic mass is 79.9. The van der Waals surface area contributed by atoms with E-state index in [1.54, 1.807) is 12.1 Å². The van der Waals surface area contributed by atoms with Crippen LogP contribution in [0.15, 0.2) is 53.0 Å². The zero-order valence-corrected chi connectivity index (χ0v) is 13.8. The Kier molecular flexibility index (Phi) is 5.26. The molecule has 0 saturated heterocycles. The van der Waals surface area contributed by atoms with E-state index in [1.165, 1.54) is 0 Å². The van der Waals surface area contributed by atoms with Crippen molar-refractivity contribution in [1.29, 1.82) is 0 Å². The minimum atomic E-state index is -0.867. The Balaban J connectivity index is 2.32. The summed E-state index contributed by atoms with van der Waals surface area (Å²) in [5.74, 6) is -0.867. The van der Waals surface area contributed by atoms with E-state index in [9.17, 15) is 4.79 Å². The molecule has 0 aromatic heterocycles. The molecule has 0 amide bonds. The maximum atomic E-state index is 11.2. The quantitative estimate of drug-likeness (QED) is 0.827. The van der Waals surface area contributed by atoms with Crippen molar-refractivity contribution >= 4 is 39.2 Å². The zero-order chi connectivity index (χ0) is 15.4. The first-order chi connectivity index (χ1) is 9.97. The second kappa shape index (κ2) is 6.96. The van der Waals surface area contributed by atoms with E-state index >= 15 is 0 Å². The van der Waals surface area contributed by atoms with E-state index in [2.05, 4.69) is 15.9 Å². The molecule has 0 spiro atoms. The SMILES string of the molecule is CC(c1ccc(Br)cc1)N(CC(=O)O)c1ccc(Cl)cc1. The van der Waals surface area contributed by atoms with Crippen LogP contribution in [0.4, 0.5) is 5.69 Å². The number of carboxylic acids is 1. The Hall–Kier alpha value is -1.52. The number of carboxylic acid groups (broad SMARTS) is 1. The molecule has 5 heteroatoms. The van der Waals surface area contributed by atoms with Gasteiger partial charge in [-0.1, -0.05) is 39.7 Å². The lowest BCUT2D eigenvalue weighted by Gasteiger charge is -2.30. The summed E-state index contributed by atoms with van der Waals surface area (Å²) in [6.07, 6.45) is 0. The van der Waals surface area contributed by atoms with Crippen molar-refractivity contribution in [1.82, 2.24) is 0 Å². The fourth-order valence-corrected chi connectivity index (χ4v) is 2.54. The van der Waals surface area contributed by atoms with Crippen LogP contribution < -0.4 is 4.90 Å². The first-order valence-electron chi connectivity index (χ1n) is 6.47. The average molecular weight is 369 g/mol. The second-order valence-corrected chi connectivity index (χ2v) is 6.08. The molecule has 1 unspecified atom stereocenters. The summed E-state index contributed by atoms with van der Waals surface area (Å²) in [6, 6.07) is 15.0. The fraction of sp³-hybridized carbons (Fsp3) is 0.188. The van der Waals surface area contributed by atoms with E-state index < -0.39 is 5.97 Å². The lowest BCUT2D eigenvalue weighted by Crippen LogP contribution is -2.32. The Morgan fingerprint density at radius 2 is 1.76 bits per heavy atom. The van der Waals surface area contributed by atoms with Crippen molar-refractivity contribution < 1.29 is 9.90 Å². The van der Waals surface area contributed by atoms with Crippen LogP contribution in [0.25, 0.3) is 0 Å². The number of anilines is 1. The average Bonchev–Trinajstić information content (AvgIpc) is 2.46. The van der Waals surface area contributed by atoms with Gasteiger partial charge in [-0.05, 0) is 48.9 Å². The molecule has 1 N–H and O–H groups in total. The van der Waals surface area contributed by atoms with Crippen molar-refractivity contribution in [2.45, 2.75) is 13.0 Å². The number of halogens is 2. The van der Waals surface area contributed by atoms with Crippen LogP contribution in [-0.4, -0.2) is 17.6 Å². The number of nitrogens with zero attached hydrogens (tertiary/aromatic N) is 1. The normalized spacial score (nSPS) is 12.0. The van der Waals surface area contributed by atoms with Crippen LogP contribution in [0, 0.1) is 0 Å². The molecule has 0 fully saturated rings. The van der Waals surface area contributed by atoms with Crippen LogP contribution in [-0.2, 0) is 4.79 Å². The zero-order valence-electron chi connectivity index (χ0n) is 11.5. The number of rotatable bonds is 5. The van der Waals surface area contributed by atoms with Gasteiger partial charge in [-0.15, -0.1) is 0 Å². The maximum Gasteiger partial charge on any atom is 0.323 e. The van der Waals surface area contributed by atoms with Crippen molar-refractivity contribution in [3.63, 3.8) is 0 Å². The Morgan fingerprint density at radius 3 is 2.29 bits per heavy atom. The minimum Gasteiger partial charge on any atom is -0.480 e. The molecular weight excluding hydrogens is 354 g/mol. The van der Waals surface area contributed by atoms with Gasteiger partial charge in [0.05, 0.1) is 6.04 Å². The highest BCUT2D eigenvalue weighted by Crippen LogP contribution is 2.28. The van der Waals surface area contributed by atoms with Crippen molar-refractivity contribution in [2.75, 3.05) is 11.4 Å². The molecule has 2 aromatic rings. The molecule has 0 heterocycles. The lowest BCUT2D eigenvalue weighted by molar-refractivity contribution is -0.135. The lowest BCUT2D eigenvalue weighted by atomic mass is 10.1. The van der Waals surface area contributed by atoms with Crippen LogP contribution in [0.2, 0.25) is 5.02 Å². The third-order valence-corrected chi connectivity index (χ3v) is 4.06. The molecule has 21 heavy (non-hydrogen) atoms. The Bertz CT molecular complexity index is 613. The molecule has 2 rings (SSSR count). The molecular formula is C16H15BrClNO2. The molecule has 110 valence electrons. The van der Waals surface area contributed by atoms with Crippen molar-refractivity contribution in [3.8, 4) is 0 Å². The van der Waals surface area contributed by atoms with Crippen molar-refractivity contribution in [2.24, 2.45) is 0 Å². The van der Waals surface area contributed by atoms with E-state index in [-0.39, 0.29) is 12.6 Å². The van der Waals surface area contributed by atoms with Crippen LogP contribution in [0.3, 0.4) is 0 Å². The Morgan fingerprint density at radius 1 is 1.19 bits per heavy atom. The van der Waals surface area contributed by atoms with E-state index in [0.717, 1.165) is 15.7 Å². The van der Waals surface area contributed by atoms with Gasteiger partial charge in [0.15, 0.2) is 0 Å². The molecule has 2 aromatic carbocycles. The Labute approximate surface area is 137 Å². The summed E-state index contributed by atoms with van der Waals surface area (Å²) in [5, 5.41) is 9.79.